The molecule has 0 aliphatic carbocycles. The number of halogens is 1. The highest BCUT2D eigenvalue weighted by atomic mass is 35.5. The molecule has 0 fully saturated rings. The number of para-hydroxylation sites is 1. The predicted molar refractivity (Wildman–Crippen MR) is 69.4 cm³/mol. The molecule has 1 N–H and O–H groups in total. The van der Waals surface area contributed by atoms with Crippen molar-refractivity contribution >= 4 is 17.3 Å². The fourth-order valence-corrected chi connectivity index (χ4v) is 2.48. The molecule has 86 valence electrons. The lowest BCUT2D eigenvalue weighted by molar-refractivity contribution is 0.972. The van der Waals surface area contributed by atoms with E-state index in [0.29, 0.717) is 11.0 Å². The van der Waals surface area contributed by atoms with Crippen LogP contribution in [0.15, 0.2) is 24.3 Å². The number of nitrogens with one attached hydrogen (secondary N) is 1. The van der Waals surface area contributed by atoms with Crippen LogP contribution in [0.1, 0.15) is 11.4 Å². The number of rotatable bonds is 0. The summed E-state index contributed by atoms with van der Waals surface area (Å²) in [6.45, 7) is 2.73. The zero-order valence-electron chi connectivity index (χ0n) is 9.50. The topological polar surface area (TPSA) is 37.8 Å². The molecule has 17 heavy (non-hydrogen) atoms. The zero-order valence-corrected chi connectivity index (χ0v) is 10.3. The first-order chi connectivity index (χ1) is 8.25. The molecule has 2 aromatic rings. The molecule has 0 spiro atoms. The third kappa shape index (κ3) is 1.76. The molecule has 0 bridgehead atoms. The molecule has 1 aromatic heterocycles. The van der Waals surface area contributed by atoms with E-state index in [1.807, 2.05) is 19.1 Å². The van der Waals surface area contributed by atoms with Crippen LogP contribution in [-0.2, 0) is 6.42 Å². The Morgan fingerprint density at radius 2 is 2.06 bits per heavy atom. The molecule has 3 rings (SSSR count). The molecule has 0 amide bonds. The van der Waals surface area contributed by atoms with E-state index in [2.05, 4.69) is 27.4 Å². The van der Waals surface area contributed by atoms with Gasteiger partial charge in [0, 0.05) is 23.4 Å². The van der Waals surface area contributed by atoms with Crippen molar-refractivity contribution in [2.24, 2.45) is 0 Å². The van der Waals surface area contributed by atoms with Gasteiger partial charge in [0.25, 0.3) is 0 Å². The van der Waals surface area contributed by atoms with Crippen LogP contribution in [0.3, 0.4) is 0 Å². The minimum atomic E-state index is 0.575. The maximum absolute atomic E-state index is 6.21. The molecule has 2 heterocycles. The lowest BCUT2D eigenvalue weighted by Gasteiger charge is -2.09. The standard InChI is InChI=1S/C13H12ClN3/c1-8-16-12-9-4-2-3-5-11(9)15-7-6-10(12)13(14)17-8/h2-5,15H,6-7H2,1H3. The molecule has 3 nitrogen and oxygen atoms in total. The number of anilines is 1. The van der Waals surface area contributed by atoms with Crippen molar-refractivity contribution in [3.05, 3.63) is 40.8 Å². The summed E-state index contributed by atoms with van der Waals surface area (Å²) in [6, 6.07) is 8.17. The van der Waals surface area contributed by atoms with Crippen LogP contribution in [0.25, 0.3) is 11.3 Å². The van der Waals surface area contributed by atoms with Crippen LogP contribution < -0.4 is 5.32 Å². The second-order valence-corrected chi connectivity index (χ2v) is 4.47. The summed E-state index contributed by atoms with van der Waals surface area (Å²) in [7, 11) is 0. The van der Waals surface area contributed by atoms with Gasteiger partial charge in [-0.1, -0.05) is 29.8 Å². The summed E-state index contributed by atoms with van der Waals surface area (Å²) < 4.78 is 0. The molecular weight excluding hydrogens is 234 g/mol. The van der Waals surface area contributed by atoms with Gasteiger partial charge in [-0.25, -0.2) is 9.97 Å². The molecule has 0 saturated carbocycles. The predicted octanol–water partition coefficient (Wildman–Crippen LogP) is 3.07. The monoisotopic (exact) mass is 245 g/mol. The molecule has 4 heteroatoms. The first-order valence-corrected chi connectivity index (χ1v) is 6.00. The second kappa shape index (κ2) is 4.00. The van der Waals surface area contributed by atoms with E-state index in [9.17, 15) is 0 Å². The number of hydrogen-bond donors (Lipinski definition) is 1. The van der Waals surface area contributed by atoms with E-state index >= 15 is 0 Å². The molecular formula is C13H12ClN3. The Bertz CT molecular complexity index is 581. The van der Waals surface area contributed by atoms with Crippen LogP contribution in [0.4, 0.5) is 5.69 Å². The maximum Gasteiger partial charge on any atom is 0.136 e. The normalized spacial score (nSPS) is 13.3. The van der Waals surface area contributed by atoms with Crippen LogP contribution in [0.5, 0.6) is 0 Å². The SMILES string of the molecule is Cc1nc(Cl)c2c(n1)-c1ccccc1NCC2. The van der Waals surface area contributed by atoms with Gasteiger partial charge in [0.15, 0.2) is 0 Å². The molecule has 0 radical (unpaired) electrons. The van der Waals surface area contributed by atoms with Gasteiger partial charge in [-0.3, -0.25) is 0 Å². The van der Waals surface area contributed by atoms with Crippen molar-refractivity contribution in [3.63, 3.8) is 0 Å². The first kappa shape index (κ1) is 10.5. The fourth-order valence-electron chi connectivity index (χ4n) is 2.17. The summed E-state index contributed by atoms with van der Waals surface area (Å²) in [6.07, 6.45) is 0.850. The highest BCUT2D eigenvalue weighted by Gasteiger charge is 2.18. The van der Waals surface area contributed by atoms with Crippen molar-refractivity contribution < 1.29 is 0 Å². The molecule has 1 aliphatic rings. The number of fused-ring (bicyclic) bond motifs is 3. The van der Waals surface area contributed by atoms with E-state index in [1.54, 1.807) is 0 Å². The van der Waals surface area contributed by atoms with E-state index in [4.69, 9.17) is 11.6 Å². The summed E-state index contributed by atoms with van der Waals surface area (Å²) in [5.74, 6) is 0.713. The Morgan fingerprint density at radius 1 is 1.24 bits per heavy atom. The van der Waals surface area contributed by atoms with Crippen LogP contribution in [-0.4, -0.2) is 16.5 Å². The van der Waals surface area contributed by atoms with Crippen molar-refractivity contribution in [1.82, 2.24) is 9.97 Å². The average molecular weight is 246 g/mol. The summed E-state index contributed by atoms with van der Waals surface area (Å²) in [5.41, 5.74) is 4.21. The lowest BCUT2D eigenvalue weighted by Crippen LogP contribution is -2.03. The Kier molecular flexibility index (Phi) is 2.48. The summed E-state index contributed by atoms with van der Waals surface area (Å²) in [4.78, 5) is 8.77. The number of nitrogens with zero attached hydrogens (tertiary/aromatic N) is 2. The maximum atomic E-state index is 6.21. The van der Waals surface area contributed by atoms with Crippen LogP contribution in [0.2, 0.25) is 5.15 Å². The highest BCUT2D eigenvalue weighted by Crippen LogP contribution is 2.34. The number of aromatic nitrogens is 2. The molecule has 0 atom stereocenters. The highest BCUT2D eigenvalue weighted by molar-refractivity contribution is 6.30. The lowest BCUT2D eigenvalue weighted by atomic mass is 10.1. The van der Waals surface area contributed by atoms with Gasteiger partial charge in [-0.2, -0.15) is 0 Å². The van der Waals surface area contributed by atoms with Gasteiger partial charge in [-0.15, -0.1) is 0 Å². The van der Waals surface area contributed by atoms with Crippen molar-refractivity contribution in [1.29, 1.82) is 0 Å². The largest absolute Gasteiger partial charge is 0.384 e. The quantitative estimate of drug-likeness (QED) is 0.725. The first-order valence-electron chi connectivity index (χ1n) is 5.62. The Morgan fingerprint density at radius 3 is 2.94 bits per heavy atom. The molecule has 0 saturated heterocycles. The Labute approximate surface area is 105 Å². The molecule has 0 unspecified atom stereocenters. The third-order valence-corrected chi connectivity index (χ3v) is 3.25. The van der Waals surface area contributed by atoms with E-state index in [1.165, 1.54) is 0 Å². The smallest absolute Gasteiger partial charge is 0.136 e. The van der Waals surface area contributed by atoms with Crippen molar-refractivity contribution in [2.75, 3.05) is 11.9 Å². The van der Waals surface area contributed by atoms with Crippen LogP contribution in [0, 0.1) is 6.92 Å². The van der Waals surface area contributed by atoms with E-state index in [0.717, 1.165) is 35.5 Å². The minimum absolute atomic E-state index is 0.575. The Balaban J connectivity index is 2.32. The minimum Gasteiger partial charge on any atom is -0.384 e. The van der Waals surface area contributed by atoms with Gasteiger partial charge in [0.1, 0.15) is 11.0 Å². The van der Waals surface area contributed by atoms with Gasteiger partial charge in [-0.05, 0) is 19.4 Å². The number of aryl methyl sites for hydroxylation is 1. The third-order valence-electron chi connectivity index (χ3n) is 2.94. The number of hydrogen-bond acceptors (Lipinski definition) is 3. The zero-order chi connectivity index (χ0) is 11.8. The van der Waals surface area contributed by atoms with Gasteiger partial charge >= 0.3 is 0 Å². The molecule has 1 aromatic carbocycles. The van der Waals surface area contributed by atoms with E-state index < -0.39 is 0 Å². The summed E-state index contributed by atoms with van der Waals surface area (Å²) in [5, 5.41) is 3.97. The number of benzene rings is 1. The van der Waals surface area contributed by atoms with Gasteiger partial charge in [0.05, 0.1) is 5.69 Å². The average Bonchev–Trinajstić information content (AvgIpc) is 2.49. The van der Waals surface area contributed by atoms with Crippen molar-refractivity contribution in [2.45, 2.75) is 13.3 Å². The summed E-state index contributed by atoms with van der Waals surface area (Å²) >= 11 is 6.21. The fraction of sp³-hybridized carbons (Fsp3) is 0.231. The second-order valence-electron chi connectivity index (χ2n) is 4.11. The molecule has 1 aliphatic heterocycles. The van der Waals surface area contributed by atoms with E-state index in [-0.39, 0.29) is 0 Å². The Hall–Kier alpha value is -1.61. The van der Waals surface area contributed by atoms with Gasteiger partial charge < -0.3 is 5.32 Å². The van der Waals surface area contributed by atoms with Gasteiger partial charge in [0.2, 0.25) is 0 Å². The van der Waals surface area contributed by atoms with Crippen LogP contribution >= 0.6 is 11.6 Å². The van der Waals surface area contributed by atoms with Crippen molar-refractivity contribution in [3.8, 4) is 11.3 Å².